The number of fused-ring (bicyclic) bond motifs is 1. The van der Waals surface area contributed by atoms with E-state index < -0.39 is 17.8 Å². The monoisotopic (exact) mass is 300 g/mol. The lowest BCUT2D eigenvalue weighted by atomic mass is 10.0. The lowest BCUT2D eigenvalue weighted by Gasteiger charge is -2.38. The largest absolute Gasteiger partial charge is 0.361 e. The van der Waals surface area contributed by atoms with Crippen LogP contribution in [0.15, 0.2) is 42.5 Å². The van der Waals surface area contributed by atoms with Gasteiger partial charge in [0.15, 0.2) is 0 Å². The highest BCUT2D eigenvalue weighted by Gasteiger charge is 2.43. The molecule has 0 radical (unpaired) electrons. The molecule has 1 aliphatic carbocycles. The zero-order valence-electron chi connectivity index (χ0n) is 11.7. The number of nitrogens with one attached hydrogen (secondary N) is 1. The first-order chi connectivity index (χ1) is 10.7. The molecule has 1 fully saturated rings. The van der Waals surface area contributed by atoms with E-state index in [1.165, 1.54) is 18.2 Å². The number of halogens is 2. The smallest absolute Gasteiger partial charge is 0.258 e. The summed E-state index contributed by atoms with van der Waals surface area (Å²) in [6, 6.07) is 10.9. The number of carbonyl (C=O) groups excluding carboxylic acids is 1. The number of benzene rings is 2. The zero-order chi connectivity index (χ0) is 15.3. The number of rotatable bonds is 2. The van der Waals surface area contributed by atoms with Crippen molar-refractivity contribution in [2.45, 2.75) is 25.0 Å². The van der Waals surface area contributed by atoms with Crippen LogP contribution >= 0.6 is 0 Å². The van der Waals surface area contributed by atoms with E-state index in [1.807, 2.05) is 0 Å². The molecule has 1 aliphatic heterocycles. The average Bonchev–Trinajstić information content (AvgIpc) is 3.32. The van der Waals surface area contributed by atoms with Crippen LogP contribution in [0.5, 0.6) is 0 Å². The van der Waals surface area contributed by atoms with Crippen molar-refractivity contribution in [3.63, 3.8) is 0 Å². The Morgan fingerprint density at radius 2 is 1.68 bits per heavy atom. The normalized spacial score (nSPS) is 20.5. The minimum absolute atomic E-state index is 0.0392. The van der Waals surface area contributed by atoms with Gasteiger partial charge in [0.25, 0.3) is 5.91 Å². The van der Waals surface area contributed by atoms with Gasteiger partial charge in [0.2, 0.25) is 0 Å². The molecule has 3 nitrogen and oxygen atoms in total. The van der Waals surface area contributed by atoms with Gasteiger partial charge < -0.3 is 10.2 Å². The van der Waals surface area contributed by atoms with Crippen LogP contribution in [0.25, 0.3) is 0 Å². The van der Waals surface area contributed by atoms with Crippen LogP contribution in [-0.2, 0) is 0 Å². The fraction of sp³-hybridized carbons (Fsp3) is 0.235. The van der Waals surface area contributed by atoms with E-state index >= 15 is 0 Å². The Hall–Kier alpha value is -2.43. The summed E-state index contributed by atoms with van der Waals surface area (Å²) in [6.45, 7) is 0. The molecule has 2 aromatic rings. The van der Waals surface area contributed by atoms with Crippen molar-refractivity contribution in [2.75, 3.05) is 5.32 Å². The van der Waals surface area contributed by atoms with Gasteiger partial charge >= 0.3 is 0 Å². The molecular weight excluding hydrogens is 286 g/mol. The Kier molecular flexibility index (Phi) is 2.89. The maximum Gasteiger partial charge on any atom is 0.258 e. The summed E-state index contributed by atoms with van der Waals surface area (Å²) in [5.41, 5.74) is 1.05. The quantitative estimate of drug-likeness (QED) is 0.917. The van der Waals surface area contributed by atoms with Gasteiger partial charge in [-0.25, -0.2) is 8.78 Å². The summed E-state index contributed by atoms with van der Waals surface area (Å²) in [5.74, 6) is -1.46. The van der Waals surface area contributed by atoms with Crippen molar-refractivity contribution in [2.24, 2.45) is 0 Å². The second kappa shape index (κ2) is 4.80. The Bertz CT molecular complexity index is 738. The fourth-order valence-corrected chi connectivity index (χ4v) is 2.98. The molecule has 0 saturated heterocycles. The molecule has 0 aromatic heterocycles. The second-order valence-electron chi connectivity index (χ2n) is 5.67. The molecule has 1 atom stereocenters. The SMILES string of the molecule is O=C1c2ccccc2N[C@@H](c2c(F)cccc2F)N1C1CC1. The lowest BCUT2D eigenvalue weighted by molar-refractivity contribution is 0.0660. The van der Waals surface area contributed by atoms with Gasteiger partial charge in [0.05, 0.1) is 11.1 Å². The summed E-state index contributed by atoms with van der Waals surface area (Å²) in [6.07, 6.45) is 0.917. The standard InChI is InChI=1S/C17H14F2N2O/c18-12-5-3-6-13(19)15(12)16-20-14-7-2-1-4-11(14)17(22)21(16)10-8-9-10/h1-7,10,16,20H,8-9H2/t16-/m1/s1. The number of anilines is 1. The first-order valence-corrected chi connectivity index (χ1v) is 7.29. The third-order valence-corrected chi connectivity index (χ3v) is 4.18. The maximum absolute atomic E-state index is 14.2. The molecule has 2 aliphatic rings. The van der Waals surface area contributed by atoms with Crippen LogP contribution in [0.1, 0.15) is 34.9 Å². The van der Waals surface area contributed by atoms with Crippen molar-refractivity contribution < 1.29 is 13.6 Å². The summed E-state index contributed by atoms with van der Waals surface area (Å²) in [7, 11) is 0. The average molecular weight is 300 g/mol. The minimum Gasteiger partial charge on any atom is -0.361 e. The van der Waals surface area contributed by atoms with Gasteiger partial charge in [-0.3, -0.25) is 4.79 Å². The van der Waals surface area contributed by atoms with E-state index in [0.29, 0.717) is 11.3 Å². The Morgan fingerprint density at radius 3 is 2.36 bits per heavy atom. The molecule has 22 heavy (non-hydrogen) atoms. The van der Waals surface area contributed by atoms with Crippen LogP contribution in [0.2, 0.25) is 0 Å². The summed E-state index contributed by atoms with van der Waals surface area (Å²) >= 11 is 0. The molecule has 1 heterocycles. The predicted molar refractivity (Wildman–Crippen MR) is 78.4 cm³/mol. The third-order valence-electron chi connectivity index (χ3n) is 4.18. The molecule has 2 aromatic carbocycles. The van der Waals surface area contributed by atoms with Crippen molar-refractivity contribution in [3.05, 3.63) is 65.2 Å². The highest BCUT2D eigenvalue weighted by Crippen LogP contribution is 2.41. The van der Waals surface area contributed by atoms with Crippen LogP contribution in [-0.4, -0.2) is 16.8 Å². The number of hydrogen-bond acceptors (Lipinski definition) is 2. The molecule has 4 rings (SSSR count). The van der Waals surface area contributed by atoms with Crippen molar-refractivity contribution in [1.82, 2.24) is 4.90 Å². The summed E-state index contributed by atoms with van der Waals surface area (Å²) < 4.78 is 28.4. The topological polar surface area (TPSA) is 32.3 Å². The van der Waals surface area contributed by atoms with Gasteiger partial charge in [-0.15, -0.1) is 0 Å². The van der Waals surface area contributed by atoms with Crippen LogP contribution in [0.3, 0.4) is 0 Å². The fourth-order valence-electron chi connectivity index (χ4n) is 2.98. The highest BCUT2D eigenvalue weighted by atomic mass is 19.1. The molecule has 0 spiro atoms. The molecule has 5 heteroatoms. The van der Waals surface area contributed by atoms with Gasteiger partial charge in [0.1, 0.15) is 17.8 Å². The predicted octanol–water partition coefficient (Wildman–Crippen LogP) is 3.69. The molecule has 1 saturated carbocycles. The third kappa shape index (κ3) is 1.96. The molecule has 0 unspecified atom stereocenters. The van der Waals surface area contributed by atoms with Crippen LogP contribution < -0.4 is 5.32 Å². The van der Waals surface area contributed by atoms with E-state index in [-0.39, 0.29) is 17.5 Å². The lowest BCUT2D eigenvalue weighted by Crippen LogP contribution is -2.45. The van der Waals surface area contributed by atoms with E-state index in [2.05, 4.69) is 5.32 Å². The van der Waals surface area contributed by atoms with Crippen molar-refractivity contribution in [3.8, 4) is 0 Å². The Balaban J connectivity index is 1.86. The Labute approximate surface area is 126 Å². The van der Waals surface area contributed by atoms with E-state index in [0.717, 1.165) is 12.8 Å². The van der Waals surface area contributed by atoms with Crippen LogP contribution in [0.4, 0.5) is 14.5 Å². The maximum atomic E-state index is 14.2. The second-order valence-corrected chi connectivity index (χ2v) is 5.67. The molecule has 112 valence electrons. The molecule has 1 N–H and O–H groups in total. The number of para-hydroxylation sites is 1. The zero-order valence-corrected chi connectivity index (χ0v) is 11.7. The Morgan fingerprint density at radius 1 is 1.00 bits per heavy atom. The summed E-state index contributed by atoms with van der Waals surface area (Å²) in [4.78, 5) is 14.3. The van der Waals surface area contributed by atoms with E-state index in [1.54, 1.807) is 29.2 Å². The highest BCUT2D eigenvalue weighted by molar-refractivity contribution is 6.02. The van der Waals surface area contributed by atoms with E-state index in [4.69, 9.17) is 0 Å². The first-order valence-electron chi connectivity index (χ1n) is 7.29. The van der Waals surface area contributed by atoms with Gasteiger partial charge in [0, 0.05) is 11.7 Å². The van der Waals surface area contributed by atoms with Crippen molar-refractivity contribution >= 4 is 11.6 Å². The van der Waals surface area contributed by atoms with E-state index in [9.17, 15) is 13.6 Å². The number of amides is 1. The first kappa shape index (κ1) is 13.2. The summed E-state index contributed by atoms with van der Waals surface area (Å²) in [5, 5.41) is 3.12. The van der Waals surface area contributed by atoms with Gasteiger partial charge in [-0.05, 0) is 37.1 Å². The van der Waals surface area contributed by atoms with Gasteiger partial charge in [-0.1, -0.05) is 18.2 Å². The van der Waals surface area contributed by atoms with Gasteiger partial charge in [-0.2, -0.15) is 0 Å². The van der Waals surface area contributed by atoms with Crippen molar-refractivity contribution in [1.29, 1.82) is 0 Å². The number of carbonyl (C=O) groups is 1. The molecule has 0 bridgehead atoms. The van der Waals surface area contributed by atoms with Crippen LogP contribution in [0, 0.1) is 11.6 Å². The molecule has 1 amide bonds. The number of hydrogen-bond donors (Lipinski definition) is 1. The number of nitrogens with zero attached hydrogens (tertiary/aromatic N) is 1. The minimum atomic E-state index is -0.809. The molecular formula is C17H14F2N2O.